The van der Waals surface area contributed by atoms with Gasteiger partial charge in [0.05, 0.1) is 5.41 Å². The highest BCUT2D eigenvalue weighted by molar-refractivity contribution is 5.79. The maximum absolute atomic E-state index is 11.6. The molecule has 1 fully saturated rings. The monoisotopic (exact) mass is 364 g/mol. The molecular formula is C21H20N2O4. The van der Waals surface area contributed by atoms with Gasteiger partial charge in [0.1, 0.15) is 12.4 Å². The van der Waals surface area contributed by atoms with Gasteiger partial charge in [-0.2, -0.15) is 0 Å². The van der Waals surface area contributed by atoms with Gasteiger partial charge < -0.3 is 24.4 Å². The molecule has 0 aliphatic carbocycles. The maximum Gasteiger partial charge on any atom is 0.231 e. The molecule has 1 unspecified atom stereocenters. The van der Waals surface area contributed by atoms with E-state index in [0.717, 1.165) is 42.3 Å². The number of rotatable bonds is 2. The number of amides is 1. The highest BCUT2D eigenvalue weighted by Crippen LogP contribution is 2.54. The number of carbonyl (C=O) groups is 1. The summed E-state index contributed by atoms with van der Waals surface area (Å²) in [7, 11) is 0. The molecule has 1 N–H and O–H groups in total. The summed E-state index contributed by atoms with van der Waals surface area (Å²) >= 11 is 0. The Labute approximate surface area is 157 Å². The third kappa shape index (κ3) is 2.10. The number of hydrogen-bond donors (Lipinski definition) is 1. The fourth-order valence-corrected chi connectivity index (χ4v) is 4.94. The van der Waals surface area contributed by atoms with Crippen LogP contribution in [0, 0.1) is 0 Å². The molecule has 4 aliphatic rings. The van der Waals surface area contributed by atoms with Gasteiger partial charge in [0.25, 0.3) is 0 Å². The lowest BCUT2D eigenvalue weighted by molar-refractivity contribution is -0.119. The average Bonchev–Trinajstić information content (AvgIpc) is 3.43. The van der Waals surface area contributed by atoms with Crippen molar-refractivity contribution in [2.24, 2.45) is 0 Å². The van der Waals surface area contributed by atoms with Crippen LogP contribution in [-0.4, -0.2) is 38.4 Å². The van der Waals surface area contributed by atoms with E-state index in [-0.39, 0.29) is 24.2 Å². The molecule has 0 radical (unpaired) electrons. The van der Waals surface area contributed by atoms with E-state index >= 15 is 0 Å². The molecule has 2 aromatic carbocycles. The molecule has 27 heavy (non-hydrogen) atoms. The first kappa shape index (κ1) is 15.2. The summed E-state index contributed by atoms with van der Waals surface area (Å²) in [6, 6.07) is 12.8. The summed E-state index contributed by atoms with van der Waals surface area (Å²) in [4.78, 5) is 14.0. The topological polar surface area (TPSA) is 60.0 Å². The molecule has 1 spiro atoms. The number of nitrogens with zero attached hydrogens (tertiary/aromatic N) is 1. The molecule has 138 valence electrons. The van der Waals surface area contributed by atoms with E-state index in [1.165, 1.54) is 11.3 Å². The third-order valence-corrected chi connectivity index (χ3v) is 6.21. The first-order chi connectivity index (χ1) is 13.2. The third-order valence-electron chi connectivity index (χ3n) is 6.21. The van der Waals surface area contributed by atoms with Gasteiger partial charge in [-0.25, -0.2) is 0 Å². The second-order valence-electron chi connectivity index (χ2n) is 7.77. The van der Waals surface area contributed by atoms with E-state index in [9.17, 15) is 4.79 Å². The lowest BCUT2D eigenvalue weighted by Gasteiger charge is -2.27. The molecule has 4 heterocycles. The number of carbonyl (C=O) groups excluding carboxylic acids is 1. The van der Waals surface area contributed by atoms with E-state index in [2.05, 4.69) is 40.5 Å². The number of fused-ring (bicyclic) bond motifs is 5. The van der Waals surface area contributed by atoms with Crippen molar-refractivity contribution in [1.82, 2.24) is 5.32 Å². The molecule has 2 aromatic rings. The Balaban J connectivity index is 1.42. The Morgan fingerprint density at radius 2 is 1.93 bits per heavy atom. The molecule has 6 nitrogen and oxygen atoms in total. The summed E-state index contributed by atoms with van der Waals surface area (Å²) in [5.74, 6) is 2.58. The van der Waals surface area contributed by atoms with Gasteiger partial charge in [0.2, 0.25) is 12.7 Å². The van der Waals surface area contributed by atoms with Crippen molar-refractivity contribution in [3.8, 4) is 17.2 Å². The van der Waals surface area contributed by atoms with Crippen LogP contribution in [0.5, 0.6) is 17.2 Å². The molecule has 0 aromatic heterocycles. The Kier molecular flexibility index (Phi) is 2.99. The van der Waals surface area contributed by atoms with E-state index in [1.807, 2.05) is 6.07 Å². The van der Waals surface area contributed by atoms with Crippen LogP contribution >= 0.6 is 0 Å². The molecule has 0 saturated carbocycles. The summed E-state index contributed by atoms with van der Waals surface area (Å²) < 4.78 is 17.3. The quantitative estimate of drug-likeness (QED) is 0.885. The fourth-order valence-electron chi connectivity index (χ4n) is 4.94. The van der Waals surface area contributed by atoms with Crippen molar-refractivity contribution in [3.63, 3.8) is 0 Å². The van der Waals surface area contributed by atoms with Gasteiger partial charge >= 0.3 is 0 Å². The van der Waals surface area contributed by atoms with Crippen LogP contribution in [-0.2, 0) is 10.2 Å². The van der Waals surface area contributed by atoms with Crippen molar-refractivity contribution >= 4 is 11.6 Å². The number of anilines is 1. The van der Waals surface area contributed by atoms with Gasteiger partial charge in [-0.05, 0) is 24.1 Å². The number of benzene rings is 2. The minimum absolute atomic E-state index is 0.157. The number of hydrogen-bond acceptors (Lipinski definition) is 5. The van der Waals surface area contributed by atoms with Gasteiger partial charge in [0.15, 0.2) is 11.5 Å². The Hall–Kier alpha value is -2.89. The molecule has 6 rings (SSSR count). The molecular weight excluding hydrogens is 344 g/mol. The van der Waals surface area contributed by atoms with E-state index in [4.69, 9.17) is 14.2 Å². The van der Waals surface area contributed by atoms with Gasteiger partial charge in [-0.15, -0.1) is 0 Å². The normalized spacial score (nSPS) is 26.9. The maximum atomic E-state index is 11.6. The zero-order valence-corrected chi connectivity index (χ0v) is 14.9. The predicted octanol–water partition coefficient (Wildman–Crippen LogP) is 2.19. The summed E-state index contributed by atoms with van der Waals surface area (Å²) in [6.45, 7) is 2.53. The lowest BCUT2D eigenvalue weighted by atomic mass is 9.77. The highest BCUT2D eigenvalue weighted by Gasteiger charge is 2.50. The first-order valence-corrected chi connectivity index (χ1v) is 9.44. The van der Waals surface area contributed by atoms with Crippen molar-refractivity contribution in [1.29, 1.82) is 0 Å². The Morgan fingerprint density at radius 1 is 1.07 bits per heavy atom. The van der Waals surface area contributed by atoms with Gasteiger partial charge in [0, 0.05) is 42.9 Å². The van der Waals surface area contributed by atoms with Crippen molar-refractivity contribution in [3.05, 3.63) is 47.5 Å². The van der Waals surface area contributed by atoms with E-state index < -0.39 is 0 Å². The van der Waals surface area contributed by atoms with Crippen LogP contribution in [0.1, 0.15) is 24.0 Å². The van der Waals surface area contributed by atoms with Crippen molar-refractivity contribution in [2.45, 2.75) is 24.3 Å². The molecule has 2 atom stereocenters. The van der Waals surface area contributed by atoms with E-state index in [0.29, 0.717) is 13.0 Å². The molecule has 6 heteroatoms. The number of nitrogens with one attached hydrogen (secondary N) is 1. The largest absolute Gasteiger partial charge is 0.492 e. The smallest absolute Gasteiger partial charge is 0.231 e. The second-order valence-corrected chi connectivity index (χ2v) is 7.77. The summed E-state index contributed by atoms with van der Waals surface area (Å²) in [6.07, 6.45) is 1.52. The van der Waals surface area contributed by atoms with Crippen molar-refractivity contribution in [2.75, 3.05) is 31.4 Å². The highest BCUT2D eigenvalue weighted by atomic mass is 16.7. The molecule has 0 bridgehead atoms. The predicted molar refractivity (Wildman–Crippen MR) is 98.7 cm³/mol. The van der Waals surface area contributed by atoms with Crippen molar-refractivity contribution < 1.29 is 19.0 Å². The Morgan fingerprint density at radius 3 is 2.78 bits per heavy atom. The van der Waals surface area contributed by atoms with Gasteiger partial charge in [-0.3, -0.25) is 4.79 Å². The lowest BCUT2D eigenvalue weighted by Crippen LogP contribution is -2.42. The number of ether oxygens (including phenoxy) is 3. The zero-order valence-electron chi connectivity index (χ0n) is 14.9. The average molecular weight is 364 g/mol. The van der Waals surface area contributed by atoms with Crippen LogP contribution in [0.2, 0.25) is 0 Å². The first-order valence-electron chi connectivity index (χ1n) is 9.44. The standard InChI is InChI=1S/C21H20N2O4/c24-20-6-5-13(22-20)9-23-10-21(14-3-1-2-4-16(14)23)11-25-17-8-19-18(7-15(17)21)26-12-27-19/h1-4,7-8,13H,5-6,9-12H2,(H,22,24)/t13-,21?/m0/s1. The van der Waals surface area contributed by atoms with Crippen LogP contribution < -0.4 is 24.4 Å². The molecule has 4 aliphatic heterocycles. The van der Waals surface area contributed by atoms with Crippen LogP contribution in [0.4, 0.5) is 5.69 Å². The van der Waals surface area contributed by atoms with Crippen LogP contribution in [0.3, 0.4) is 0 Å². The number of para-hydroxylation sites is 1. The molecule has 1 saturated heterocycles. The Bertz CT molecular complexity index is 959. The minimum Gasteiger partial charge on any atom is -0.492 e. The zero-order chi connectivity index (χ0) is 18.0. The van der Waals surface area contributed by atoms with E-state index in [1.54, 1.807) is 0 Å². The molecule has 1 amide bonds. The second kappa shape index (κ2) is 5.31. The fraction of sp³-hybridized carbons (Fsp3) is 0.381. The van der Waals surface area contributed by atoms with Crippen LogP contribution in [0.15, 0.2) is 36.4 Å². The SMILES string of the molecule is O=C1CC[C@@H](CN2CC3(COc4cc5c(cc43)OCO5)c3ccccc32)N1. The minimum atomic E-state index is -0.213. The van der Waals surface area contributed by atoms with Crippen LogP contribution in [0.25, 0.3) is 0 Å². The van der Waals surface area contributed by atoms with Gasteiger partial charge in [-0.1, -0.05) is 18.2 Å². The summed E-state index contributed by atoms with van der Waals surface area (Å²) in [5, 5.41) is 3.10. The summed E-state index contributed by atoms with van der Waals surface area (Å²) in [5.41, 5.74) is 3.46.